The maximum Gasteiger partial charge on any atom is 0.268 e. The molecule has 2 N–H and O–H groups in total. The van der Waals surface area contributed by atoms with E-state index in [1.807, 2.05) is 54.0 Å². The number of piperazine rings is 1. The first-order valence-corrected chi connectivity index (χ1v) is 8.61. The van der Waals surface area contributed by atoms with Crippen molar-refractivity contribution in [1.29, 1.82) is 0 Å². The molecule has 1 saturated heterocycles. The number of carbonyl (C=O) groups is 2. The summed E-state index contributed by atoms with van der Waals surface area (Å²) >= 11 is 0. The number of benzene rings is 1. The molecule has 1 aromatic carbocycles. The van der Waals surface area contributed by atoms with Crippen molar-refractivity contribution in [3.8, 4) is 0 Å². The van der Waals surface area contributed by atoms with E-state index in [4.69, 9.17) is 5.73 Å². The van der Waals surface area contributed by atoms with Gasteiger partial charge in [0, 0.05) is 26.2 Å². The van der Waals surface area contributed by atoms with Gasteiger partial charge in [-0.15, -0.1) is 0 Å². The van der Waals surface area contributed by atoms with Crippen molar-refractivity contribution in [2.24, 2.45) is 5.73 Å². The van der Waals surface area contributed by atoms with Crippen LogP contribution in [0.5, 0.6) is 0 Å². The number of carbonyl (C=O) groups excluding carboxylic acids is 2. The molecule has 3 rings (SSSR count). The lowest BCUT2D eigenvalue weighted by molar-refractivity contribution is -0.136. The predicted molar refractivity (Wildman–Crippen MR) is 98.8 cm³/mol. The molecule has 26 heavy (non-hydrogen) atoms. The van der Waals surface area contributed by atoms with Gasteiger partial charge in [0.05, 0.1) is 17.8 Å². The number of hydrogen-bond acceptors (Lipinski definition) is 5. The third kappa shape index (κ3) is 3.51. The highest BCUT2D eigenvalue weighted by atomic mass is 16.2. The number of rotatable bonds is 4. The SMILES string of the molecule is CC(C)(C(=O)N1CCN(c2cncc(C(N)=O)n2)CC1)c1ccccc1. The topological polar surface area (TPSA) is 92.4 Å². The Balaban J connectivity index is 1.68. The second kappa shape index (κ2) is 7.11. The van der Waals surface area contributed by atoms with Gasteiger partial charge in [-0.3, -0.25) is 14.6 Å². The molecule has 1 fully saturated rings. The molecule has 136 valence electrons. The van der Waals surface area contributed by atoms with Crippen molar-refractivity contribution in [2.75, 3.05) is 31.1 Å². The number of aromatic nitrogens is 2. The molecular weight excluding hydrogens is 330 g/mol. The van der Waals surface area contributed by atoms with Crippen LogP contribution in [0, 0.1) is 0 Å². The molecule has 0 radical (unpaired) electrons. The Morgan fingerprint density at radius 1 is 1.04 bits per heavy atom. The van der Waals surface area contributed by atoms with Crippen molar-refractivity contribution >= 4 is 17.6 Å². The summed E-state index contributed by atoms with van der Waals surface area (Å²) in [6.07, 6.45) is 2.96. The summed E-state index contributed by atoms with van der Waals surface area (Å²) in [5, 5.41) is 0. The first-order valence-electron chi connectivity index (χ1n) is 8.61. The third-order valence-electron chi connectivity index (χ3n) is 4.80. The van der Waals surface area contributed by atoms with Crippen LogP contribution in [0.15, 0.2) is 42.7 Å². The van der Waals surface area contributed by atoms with Crippen LogP contribution in [0.25, 0.3) is 0 Å². The van der Waals surface area contributed by atoms with Gasteiger partial charge in [-0.2, -0.15) is 0 Å². The van der Waals surface area contributed by atoms with Crippen molar-refractivity contribution < 1.29 is 9.59 Å². The van der Waals surface area contributed by atoms with Crippen LogP contribution < -0.4 is 10.6 Å². The van der Waals surface area contributed by atoms with Gasteiger partial charge in [0.25, 0.3) is 5.91 Å². The monoisotopic (exact) mass is 353 g/mol. The lowest BCUT2D eigenvalue weighted by Gasteiger charge is -2.39. The fraction of sp³-hybridized carbons (Fsp3) is 0.368. The number of anilines is 1. The molecule has 0 bridgehead atoms. The molecule has 1 aromatic heterocycles. The first kappa shape index (κ1) is 17.8. The molecule has 0 saturated carbocycles. The van der Waals surface area contributed by atoms with E-state index in [0.717, 1.165) is 5.56 Å². The molecule has 0 spiro atoms. The lowest BCUT2D eigenvalue weighted by Crippen LogP contribution is -2.53. The molecule has 2 amide bonds. The summed E-state index contributed by atoms with van der Waals surface area (Å²) in [7, 11) is 0. The fourth-order valence-electron chi connectivity index (χ4n) is 3.14. The van der Waals surface area contributed by atoms with Crippen molar-refractivity contribution in [1.82, 2.24) is 14.9 Å². The normalized spacial score (nSPS) is 15.0. The first-order chi connectivity index (χ1) is 12.4. The van der Waals surface area contributed by atoms with Gasteiger partial charge in [0.1, 0.15) is 11.5 Å². The van der Waals surface area contributed by atoms with Gasteiger partial charge in [-0.05, 0) is 19.4 Å². The number of amides is 2. The van der Waals surface area contributed by atoms with Crippen molar-refractivity contribution in [2.45, 2.75) is 19.3 Å². The molecule has 0 atom stereocenters. The maximum atomic E-state index is 13.0. The van der Waals surface area contributed by atoms with E-state index in [1.165, 1.54) is 6.20 Å². The average molecular weight is 353 g/mol. The van der Waals surface area contributed by atoms with Gasteiger partial charge >= 0.3 is 0 Å². The molecule has 0 aliphatic carbocycles. The smallest absolute Gasteiger partial charge is 0.268 e. The minimum atomic E-state index is -0.599. The predicted octanol–water partition coefficient (Wildman–Crippen LogP) is 1.20. The summed E-state index contributed by atoms with van der Waals surface area (Å²) in [6, 6.07) is 9.82. The van der Waals surface area contributed by atoms with Gasteiger partial charge in [0.15, 0.2) is 0 Å². The zero-order valence-corrected chi connectivity index (χ0v) is 15.1. The molecule has 7 nitrogen and oxygen atoms in total. The van der Waals surface area contributed by atoms with Gasteiger partial charge in [-0.25, -0.2) is 4.98 Å². The number of hydrogen-bond donors (Lipinski definition) is 1. The minimum Gasteiger partial charge on any atom is -0.364 e. The van der Waals surface area contributed by atoms with E-state index in [0.29, 0.717) is 32.0 Å². The molecule has 1 aliphatic rings. The van der Waals surface area contributed by atoms with Gasteiger partial charge in [-0.1, -0.05) is 30.3 Å². The van der Waals surface area contributed by atoms with E-state index >= 15 is 0 Å². The van der Waals surface area contributed by atoms with Gasteiger partial charge in [0.2, 0.25) is 5.91 Å². The summed E-state index contributed by atoms with van der Waals surface area (Å²) < 4.78 is 0. The Hall–Kier alpha value is -2.96. The largest absolute Gasteiger partial charge is 0.364 e. The Labute approximate surface area is 152 Å². The molecule has 0 unspecified atom stereocenters. The minimum absolute atomic E-state index is 0.111. The number of primary amides is 1. The highest BCUT2D eigenvalue weighted by Crippen LogP contribution is 2.26. The van der Waals surface area contributed by atoms with Crippen LogP contribution in [-0.2, 0) is 10.2 Å². The van der Waals surface area contributed by atoms with E-state index in [9.17, 15) is 9.59 Å². The van der Waals surface area contributed by atoms with Crippen LogP contribution >= 0.6 is 0 Å². The quantitative estimate of drug-likeness (QED) is 0.892. The summed E-state index contributed by atoms with van der Waals surface area (Å²) in [4.78, 5) is 36.5. The Morgan fingerprint density at radius 2 is 1.69 bits per heavy atom. The third-order valence-corrected chi connectivity index (χ3v) is 4.80. The zero-order valence-electron chi connectivity index (χ0n) is 15.1. The van der Waals surface area contributed by atoms with Crippen LogP contribution in [0.3, 0.4) is 0 Å². The number of nitrogens with two attached hydrogens (primary N) is 1. The Kier molecular flexibility index (Phi) is 4.88. The highest BCUT2D eigenvalue weighted by molar-refractivity contribution is 5.90. The van der Waals surface area contributed by atoms with E-state index in [-0.39, 0.29) is 11.6 Å². The molecular formula is C19H23N5O2. The van der Waals surface area contributed by atoms with E-state index < -0.39 is 11.3 Å². The zero-order chi connectivity index (χ0) is 18.7. The van der Waals surface area contributed by atoms with E-state index in [2.05, 4.69) is 9.97 Å². The van der Waals surface area contributed by atoms with Crippen LogP contribution in [0.4, 0.5) is 5.82 Å². The van der Waals surface area contributed by atoms with E-state index in [1.54, 1.807) is 6.20 Å². The second-order valence-corrected chi connectivity index (χ2v) is 6.90. The molecule has 7 heteroatoms. The summed E-state index contributed by atoms with van der Waals surface area (Å²) in [6.45, 7) is 6.37. The number of nitrogens with zero attached hydrogens (tertiary/aromatic N) is 4. The Bertz CT molecular complexity index is 799. The van der Waals surface area contributed by atoms with Crippen molar-refractivity contribution in [3.63, 3.8) is 0 Å². The maximum absolute atomic E-state index is 13.0. The van der Waals surface area contributed by atoms with Crippen LogP contribution in [0.1, 0.15) is 29.9 Å². The van der Waals surface area contributed by atoms with Crippen LogP contribution in [-0.4, -0.2) is 52.9 Å². The second-order valence-electron chi connectivity index (χ2n) is 6.90. The highest BCUT2D eigenvalue weighted by Gasteiger charge is 2.35. The molecule has 2 aromatic rings. The van der Waals surface area contributed by atoms with Crippen LogP contribution in [0.2, 0.25) is 0 Å². The fourth-order valence-corrected chi connectivity index (χ4v) is 3.14. The summed E-state index contributed by atoms with van der Waals surface area (Å²) in [5.41, 5.74) is 5.84. The standard InChI is InChI=1S/C19H23N5O2/c1-19(2,14-6-4-3-5-7-14)18(26)24-10-8-23(9-11-24)16-13-21-12-15(22-16)17(20)25/h3-7,12-13H,8-11H2,1-2H3,(H2,20,25). The average Bonchev–Trinajstić information content (AvgIpc) is 2.68. The van der Waals surface area contributed by atoms with Gasteiger partial charge < -0.3 is 15.5 Å². The molecule has 1 aliphatic heterocycles. The van der Waals surface area contributed by atoms with Crippen molar-refractivity contribution in [3.05, 3.63) is 54.0 Å². The molecule has 2 heterocycles. The summed E-state index contributed by atoms with van der Waals surface area (Å²) in [5.74, 6) is 0.119. The lowest BCUT2D eigenvalue weighted by atomic mass is 9.83. The Morgan fingerprint density at radius 3 is 2.31 bits per heavy atom.